The molecule has 0 aromatic rings. The number of nitrogens with zero attached hydrogens (tertiary/aromatic N) is 1. The number of carbonyl (C=O) groups excluding carboxylic acids is 1. The van der Waals surface area contributed by atoms with Gasteiger partial charge in [0.2, 0.25) is 5.91 Å². The number of aliphatic hydroxyl groups excluding tert-OH is 1. The van der Waals surface area contributed by atoms with Crippen molar-refractivity contribution in [2.24, 2.45) is 0 Å². The minimum absolute atomic E-state index is 0.00555. The molecule has 0 fully saturated rings. The molecule has 0 saturated carbocycles. The van der Waals surface area contributed by atoms with Crippen molar-refractivity contribution in [2.75, 3.05) is 40.9 Å². The largest absolute Gasteiger partial charge is 0.756 e. The van der Waals surface area contributed by atoms with Crippen LogP contribution in [-0.4, -0.2) is 68.5 Å². The number of rotatable bonds is 30. The molecule has 0 spiro atoms. The first kappa shape index (κ1) is 42.7. The second kappa shape index (κ2) is 28.0. The zero-order valence-electron chi connectivity index (χ0n) is 28.9. The Hall–Kier alpha value is -1.28. The van der Waals surface area contributed by atoms with E-state index in [4.69, 9.17) is 9.05 Å². The quantitative estimate of drug-likeness (QED) is 0.0359. The van der Waals surface area contributed by atoms with Gasteiger partial charge in [0.15, 0.2) is 0 Å². The third-order valence-corrected chi connectivity index (χ3v) is 8.31. The van der Waals surface area contributed by atoms with E-state index in [9.17, 15) is 19.4 Å². The van der Waals surface area contributed by atoms with E-state index in [0.717, 1.165) is 70.6 Å². The number of allylic oxidation sites excluding steroid dienone is 5. The maximum absolute atomic E-state index is 12.7. The van der Waals surface area contributed by atoms with Crippen molar-refractivity contribution in [2.45, 2.75) is 142 Å². The van der Waals surface area contributed by atoms with Gasteiger partial charge in [0.1, 0.15) is 13.2 Å². The highest BCUT2D eigenvalue weighted by molar-refractivity contribution is 7.45. The van der Waals surface area contributed by atoms with E-state index in [1.54, 1.807) is 6.08 Å². The number of phosphoric ester groups is 1. The maximum Gasteiger partial charge on any atom is 0.268 e. The van der Waals surface area contributed by atoms with Crippen molar-refractivity contribution in [1.29, 1.82) is 0 Å². The van der Waals surface area contributed by atoms with Crippen LogP contribution in [0.1, 0.15) is 129 Å². The summed E-state index contributed by atoms with van der Waals surface area (Å²) in [6, 6.07) is -0.888. The predicted molar refractivity (Wildman–Crippen MR) is 182 cm³/mol. The van der Waals surface area contributed by atoms with Crippen LogP contribution in [0.3, 0.4) is 0 Å². The average Bonchev–Trinajstić information content (AvgIpc) is 2.95. The summed E-state index contributed by atoms with van der Waals surface area (Å²) in [5.41, 5.74) is 0. The Labute approximate surface area is 270 Å². The number of hydrogen-bond donors (Lipinski definition) is 2. The number of amides is 1. The van der Waals surface area contributed by atoms with E-state index < -0.39 is 20.0 Å². The predicted octanol–water partition coefficient (Wildman–Crippen LogP) is 7.77. The third kappa shape index (κ3) is 29.4. The SMILES string of the molecule is CCCCCC/C=C\C/C=C\CCCCCCCC(=O)NC(COP(=O)([O-])OCC[N+](C)(C)C)C(O)/C=C/CCCCCC. The standard InChI is InChI=1S/C35H67N2O6P/c1-6-8-10-12-14-15-16-17-18-19-20-21-22-23-25-27-29-35(39)36-33(34(38)28-26-24-13-11-9-7-2)32-43-44(40,41)42-31-30-37(3,4)5/h15-16,18-19,26,28,33-34,38H,6-14,17,20-25,27,29-32H2,1-5H3,(H-,36,39,40,41)/b16-15-,19-18-,28-26+. The van der Waals surface area contributed by atoms with Gasteiger partial charge in [-0.25, -0.2) is 0 Å². The average molecular weight is 643 g/mol. The molecule has 44 heavy (non-hydrogen) atoms. The summed E-state index contributed by atoms with van der Waals surface area (Å²) in [7, 11) is 1.24. The number of quaternary nitrogens is 1. The van der Waals surface area contributed by atoms with Crippen LogP contribution in [0.25, 0.3) is 0 Å². The fraction of sp³-hybridized carbons (Fsp3) is 0.800. The van der Waals surface area contributed by atoms with Crippen LogP contribution in [0.5, 0.6) is 0 Å². The van der Waals surface area contributed by atoms with Gasteiger partial charge in [-0.15, -0.1) is 0 Å². The summed E-state index contributed by atoms with van der Waals surface area (Å²) >= 11 is 0. The first-order valence-electron chi connectivity index (χ1n) is 17.4. The highest BCUT2D eigenvalue weighted by Crippen LogP contribution is 2.38. The molecule has 0 aromatic carbocycles. The summed E-state index contributed by atoms with van der Waals surface area (Å²) in [6.07, 6.45) is 30.7. The van der Waals surface area contributed by atoms with Gasteiger partial charge in [0, 0.05) is 6.42 Å². The smallest absolute Gasteiger partial charge is 0.268 e. The van der Waals surface area contributed by atoms with Gasteiger partial charge in [-0.05, 0) is 51.4 Å². The van der Waals surface area contributed by atoms with Crippen LogP contribution in [0, 0.1) is 0 Å². The van der Waals surface area contributed by atoms with Crippen molar-refractivity contribution in [1.82, 2.24) is 5.32 Å². The molecule has 0 aliphatic heterocycles. The highest BCUT2D eigenvalue weighted by Gasteiger charge is 2.23. The Bertz CT molecular complexity index is 825. The van der Waals surface area contributed by atoms with Crippen LogP contribution in [-0.2, 0) is 18.4 Å². The van der Waals surface area contributed by atoms with Crippen molar-refractivity contribution in [3.8, 4) is 0 Å². The van der Waals surface area contributed by atoms with Crippen molar-refractivity contribution >= 4 is 13.7 Å². The minimum Gasteiger partial charge on any atom is -0.756 e. The fourth-order valence-electron chi connectivity index (χ4n) is 4.47. The second-order valence-electron chi connectivity index (χ2n) is 12.9. The first-order chi connectivity index (χ1) is 21.0. The lowest BCUT2D eigenvalue weighted by Gasteiger charge is -2.29. The molecule has 0 heterocycles. The van der Waals surface area contributed by atoms with Gasteiger partial charge in [-0.3, -0.25) is 9.36 Å². The molecular formula is C35H67N2O6P. The van der Waals surface area contributed by atoms with E-state index in [0.29, 0.717) is 17.4 Å². The lowest BCUT2D eigenvalue weighted by molar-refractivity contribution is -0.870. The Kier molecular flexibility index (Phi) is 27.2. The summed E-state index contributed by atoms with van der Waals surface area (Å²) in [6.45, 7) is 4.49. The monoisotopic (exact) mass is 642 g/mol. The Morgan fingerprint density at radius 2 is 1.32 bits per heavy atom. The van der Waals surface area contributed by atoms with Gasteiger partial charge in [0.25, 0.3) is 7.82 Å². The molecule has 3 atom stereocenters. The molecular weight excluding hydrogens is 575 g/mol. The number of aliphatic hydroxyl groups is 1. The van der Waals surface area contributed by atoms with Crippen LogP contribution in [0.15, 0.2) is 36.5 Å². The molecule has 0 aliphatic rings. The lowest BCUT2D eigenvalue weighted by atomic mass is 10.1. The number of phosphoric acid groups is 1. The summed E-state index contributed by atoms with van der Waals surface area (Å²) < 4.78 is 22.9. The second-order valence-corrected chi connectivity index (χ2v) is 14.3. The molecule has 258 valence electrons. The summed E-state index contributed by atoms with van der Waals surface area (Å²) in [5.74, 6) is -0.220. The maximum atomic E-state index is 12.7. The molecule has 0 aromatic heterocycles. The van der Waals surface area contributed by atoms with E-state index >= 15 is 0 Å². The number of unbranched alkanes of at least 4 members (excludes halogenated alkanes) is 13. The van der Waals surface area contributed by atoms with Crippen LogP contribution in [0.4, 0.5) is 0 Å². The molecule has 0 bridgehead atoms. The van der Waals surface area contributed by atoms with E-state index in [-0.39, 0.29) is 19.1 Å². The summed E-state index contributed by atoms with van der Waals surface area (Å²) in [5, 5.41) is 13.5. The normalized spacial score (nSPS) is 15.3. The molecule has 3 unspecified atom stereocenters. The van der Waals surface area contributed by atoms with Crippen molar-refractivity contribution < 1.29 is 32.9 Å². The van der Waals surface area contributed by atoms with Crippen LogP contribution >= 0.6 is 7.82 Å². The molecule has 0 aliphatic carbocycles. The number of likely N-dealkylation sites (N-methyl/N-ethyl adjacent to an activating group) is 1. The van der Waals surface area contributed by atoms with Gasteiger partial charge < -0.3 is 28.8 Å². The molecule has 1 amide bonds. The van der Waals surface area contributed by atoms with Gasteiger partial charge in [0.05, 0.1) is 39.9 Å². The van der Waals surface area contributed by atoms with Crippen LogP contribution < -0.4 is 10.2 Å². The first-order valence-corrected chi connectivity index (χ1v) is 18.8. The van der Waals surface area contributed by atoms with E-state index in [1.807, 2.05) is 27.2 Å². The molecule has 0 rings (SSSR count). The molecule has 0 radical (unpaired) electrons. The lowest BCUT2D eigenvalue weighted by Crippen LogP contribution is -2.45. The molecule has 8 nitrogen and oxygen atoms in total. The minimum atomic E-state index is -4.57. The number of hydrogen-bond acceptors (Lipinski definition) is 6. The van der Waals surface area contributed by atoms with Crippen LogP contribution in [0.2, 0.25) is 0 Å². The zero-order valence-corrected chi connectivity index (χ0v) is 29.7. The third-order valence-electron chi connectivity index (χ3n) is 7.34. The zero-order chi connectivity index (χ0) is 32.9. The van der Waals surface area contributed by atoms with Crippen molar-refractivity contribution in [3.05, 3.63) is 36.5 Å². The van der Waals surface area contributed by atoms with Gasteiger partial charge in [-0.2, -0.15) is 0 Å². The fourth-order valence-corrected chi connectivity index (χ4v) is 5.20. The summed E-state index contributed by atoms with van der Waals surface area (Å²) in [4.78, 5) is 24.9. The Morgan fingerprint density at radius 1 is 0.795 bits per heavy atom. The van der Waals surface area contributed by atoms with E-state index in [2.05, 4.69) is 43.5 Å². The van der Waals surface area contributed by atoms with Gasteiger partial charge >= 0.3 is 0 Å². The van der Waals surface area contributed by atoms with Crippen molar-refractivity contribution in [3.63, 3.8) is 0 Å². The molecule has 0 saturated heterocycles. The highest BCUT2D eigenvalue weighted by atomic mass is 31.2. The van der Waals surface area contributed by atoms with Gasteiger partial charge in [-0.1, -0.05) is 108 Å². The number of carbonyl (C=O) groups is 1. The number of nitrogens with one attached hydrogen (secondary N) is 1. The van der Waals surface area contributed by atoms with E-state index in [1.165, 1.54) is 38.5 Å². The Balaban J connectivity index is 4.45. The Morgan fingerprint density at radius 3 is 1.89 bits per heavy atom. The topological polar surface area (TPSA) is 108 Å². The molecule has 9 heteroatoms. The molecule has 2 N–H and O–H groups in total.